The van der Waals surface area contributed by atoms with Gasteiger partial charge < -0.3 is 10.2 Å². The summed E-state index contributed by atoms with van der Waals surface area (Å²) >= 11 is 0. The summed E-state index contributed by atoms with van der Waals surface area (Å²) in [4.78, 5) is 47.5. The van der Waals surface area contributed by atoms with Crippen molar-refractivity contribution in [3.8, 4) is 0 Å². The Morgan fingerprint density at radius 1 is 0.719 bits per heavy atom. The second-order valence-electron chi connectivity index (χ2n) is 7.07. The SMILES string of the molecule is Cc1ccc(C(=O)CC(O[P+](=O)OC(CC(=O)c2ccc(C)cc2)C(=O)O)C(=O)O)cc1. The van der Waals surface area contributed by atoms with Crippen molar-refractivity contribution in [3.05, 3.63) is 70.8 Å². The molecule has 0 amide bonds. The van der Waals surface area contributed by atoms with E-state index in [1.165, 1.54) is 24.3 Å². The first-order chi connectivity index (χ1) is 15.1. The third-order valence-electron chi connectivity index (χ3n) is 4.47. The van der Waals surface area contributed by atoms with Crippen LogP contribution in [0.15, 0.2) is 48.5 Å². The summed E-state index contributed by atoms with van der Waals surface area (Å²) in [6.45, 7) is 3.64. The number of Topliss-reactive ketones (excluding diaryl/α,β-unsaturated/α-hetero) is 2. The smallest absolute Gasteiger partial charge is 0.479 e. The molecule has 0 fully saturated rings. The fraction of sp³-hybridized carbons (Fsp3) is 0.273. The molecule has 0 saturated heterocycles. The zero-order valence-electron chi connectivity index (χ0n) is 17.4. The molecule has 0 heterocycles. The van der Waals surface area contributed by atoms with Gasteiger partial charge in [-0.25, -0.2) is 9.59 Å². The summed E-state index contributed by atoms with van der Waals surface area (Å²) in [5.41, 5.74) is 2.30. The van der Waals surface area contributed by atoms with Crippen LogP contribution in [0, 0.1) is 13.8 Å². The van der Waals surface area contributed by atoms with Crippen LogP contribution in [0.2, 0.25) is 0 Å². The fourth-order valence-corrected chi connectivity index (χ4v) is 3.42. The molecule has 32 heavy (non-hydrogen) atoms. The Balaban J connectivity index is 2.01. The number of carboxylic acid groups (broad SMARTS) is 2. The molecule has 168 valence electrons. The molecular formula is C22H22O9P+. The van der Waals surface area contributed by atoms with E-state index in [1.54, 1.807) is 24.3 Å². The van der Waals surface area contributed by atoms with Crippen LogP contribution < -0.4 is 0 Å². The highest BCUT2D eigenvalue weighted by Gasteiger charge is 2.40. The van der Waals surface area contributed by atoms with Gasteiger partial charge in [0.1, 0.15) is 0 Å². The molecule has 0 spiro atoms. The van der Waals surface area contributed by atoms with Crippen LogP contribution in [0.4, 0.5) is 0 Å². The molecule has 0 aliphatic heterocycles. The molecule has 2 aromatic rings. The van der Waals surface area contributed by atoms with Gasteiger partial charge in [-0.1, -0.05) is 59.7 Å². The van der Waals surface area contributed by atoms with Crippen molar-refractivity contribution in [1.29, 1.82) is 0 Å². The number of rotatable bonds is 12. The lowest BCUT2D eigenvalue weighted by molar-refractivity contribution is -0.146. The van der Waals surface area contributed by atoms with E-state index in [0.29, 0.717) is 0 Å². The number of ketones is 2. The van der Waals surface area contributed by atoms with Gasteiger partial charge >= 0.3 is 20.2 Å². The maximum atomic E-state index is 12.3. The first kappa shape index (κ1) is 25.0. The molecule has 0 radical (unpaired) electrons. The number of benzene rings is 2. The minimum atomic E-state index is -3.25. The van der Waals surface area contributed by atoms with Gasteiger partial charge in [-0.2, -0.15) is 0 Å². The summed E-state index contributed by atoms with van der Waals surface area (Å²) in [6.07, 6.45) is -4.92. The summed E-state index contributed by atoms with van der Waals surface area (Å²) in [5, 5.41) is 18.6. The molecule has 2 N–H and O–H groups in total. The average molecular weight is 461 g/mol. The zero-order chi connectivity index (χ0) is 23.8. The number of carbonyl (C=O) groups is 4. The van der Waals surface area contributed by atoms with Crippen LogP contribution in [0.1, 0.15) is 44.7 Å². The summed E-state index contributed by atoms with van der Waals surface area (Å²) in [6, 6.07) is 12.8. The summed E-state index contributed by atoms with van der Waals surface area (Å²) < 4.78 is 21.8. The number of aliphatic carboxylic acids is 2. The van der Waals surface area contributed by atoms with Gasteiger partial charge in [0.25, 0.3) is 0 Å². The van der Waals surface area contributed by atoms with Gasteiger partial charge in [0.05, 0.1) is 12.8 Å². The predicted octanol–water partition coefficient (Wildman–Crippen LogP) is 3.75. The van der Waals surface area contributed by atoms with Crippen molar-refractivity contribution in [3.63, 3.8) is 0 Å². The van der Waals surface area contributed by atoms with Crippen molar-refractivity contribution in [2.45, 2.75) is 38.9 Å². The highest BCUT2D eigenvalue weighted by molar-refractivity contribution is 7.33. The second kappa shape index (κ2) is 11.4. The minimum Gasteiger partial charge on any atom is -0.479 e. The van der Waals surface area contributed by atoms with E-state index in [2.05, 4.69) is 0 Å². The molecule has 2 atom stereocenters. The summed E-state index contributed by atoms with van der Waals surface area (Å²) in [5.74, 6) is -4.27. The van der Waals surface area contributed by atoms with Gasteiger partial charge in [0.15, 0.2) is 11.6 Å². The van der Waals surface area contributed by atoms with Crippen LogP contribution in [0.5, 0.6) is 0 Å². The predicted molar refractivity (Wildman–Crippen MR) is 113 cm³/mol. The Hall–Kier alpha value is -3.26. The van der Waals surface area contributed by atoms with E-state index in [0.717, 1.165) is 11.1 Å². The number of carboxylic acids is 2. The lowest BCUT2D eigenvalue weighted by atomic mass is 10.0. The maximum absolute atomic E-state index is 12.3. The van der Waals surface area contributed by atoms with E-state index in [-0.39, 0.29) is 11.1 Å². The number of hydrogen-bond acceptors (Lipinski definition) is 7. The van der Waals surface area contributed by atoms with Gasteiger partial charge in [0, 0.05) is 15.7 Å². The minimum absolute atomic E-state index is 0.244. The van der Waals surface area contributed by atoms with Gasteiger partial charge in [-0.3, -0.25) is 9.59 Å². The van der Waals surface area contributed by atoms with Crippen molar-refractivity contribution in [2.75, 3.05) is 0 Å². The Bertz CT molecular complexity index is 931. The molecule has 2 rings (SSSR count). The number of aryl methyl sites for hydroxylation is 2. The third kappa shape index (κ3) is 7.46. The second-order valence-corrected chi connectivity index (χ2v) is 7.94. The molecule has 0 saturated carbocycles. The van der Waals surface area contributed by atoms with E-state index in [9.17, 15) is 34.0 Å². The first-order valence-electron chi connectivity index (χ1n) is 9.53. The maximum Gasteiger partial charge on any atom is 0.699 e. The van der Waals surface area contributed by atoms with Crippen molar-refractivity contribution < 1.29 is 43.0 Å². The summed E-state index contributed by atoms with van der Waals surface area (Å²) in [7, 11) is -3.25. The number of hydrogen-bond donors (Lipinski definition) is 2. The highest BCUT2D eigenvalue weighted by atomic mass is 31.1. The van der Waals surface area contributed by atoms with Crippen LogP contribution >= 0.6 is 8.25 Å². The topological polar surface area (TPSA) is 144 Å². The largest absolute Gasteiger partial charge is 0.699 e. The van der Waals surface area contributed by atoms with Crippen molar-refractivity contribution in [1.82, 2.24) is 0 Å². The molecule has 10 heteroatoms. The van der Waals surface area contributed by atoms with Gasteiger partial charge in [-0.15, -0.1) is 9.05 Å². The molecule has 9 nitrogen and oxygen atoms in total. The molecule has 0 aliphatic carbocycles. The Morgan fingerprint density at radius 3 is 1.31 bits per heavy atom. The Morgan fingerprint density at radius 2 is 1.03 bits per heavy atom. The molecule has 0 aliphatic rings. The standard InChI is InChI=1S/C22H21O9P/c1-13-3-7-15(8-4-13)17(23)11-19(21(25)26)30-32(29)31-20(22(27)28)12-18(24)16-9-5-14(2)6-10-16/h3-10,19-20H,11-12H2,1-2H3,(H-,25,26,27,28)/p+1. The zero-order valence-corrected chi connectivity index (χ0v) is 18.3. The van der Waals surface area contributed by atoms with Crippen LogP contribution in [0.25, 0.3) is 0 Å². The van der Waals surface area contributed by atoms with E-state index >= 15 is 0 Å². The molecule has 2 unspecified atom stereocenters. The third-order valence-corrected chi connectivity index (χ3v) is 5.32. The fourth-order valence-electron chi connectivity index (χ4n) is 2.62. The van der Waals surface area contributed by atoms with Crippen molar-refractivity contribution in [2.24, 2.45) is 0 Å². The lowest BCUT2D eigenvalue weighted by Gasteiger charge is -2.08. The first-order valence-corrected chi connectivity index (χ1v) is 10.6. The molecule has 0 bridgehead atoms. The Kier molecular flexibility index (Phi) is 8.90. The lowest BCUT2D eigenvalue weighted by Crippen LogP contribution is -2.28. The normalized spacial score (nSPS) is 13.1. The Labute approximate surface area is 184 Å². The molecule has 2 aromatic carbocycles. The average Bonchev–Trinajstić information content (AvgIpc) is 2.73. The highest BCUT2D eigenvalue weighted by Crippen LogP contribution is 2.31. The van der Waals surface area contributed by atoms with E-state index in [1.807, 2.05) is 13.8 Å². The van der Waals surface area contributed by atoms with Crippen LogP contribution in [-0.4, -0.2) is 45.9 Å². The van der Waals surface area contributed by atoms with Gasteiger partial charge in [0.2, 0.25) is 12.2 Å². The van der Waals surface area contributed by atoms with Crippen LogP contribution in [-0.2, 0) is 23.2 Å². The monoisotopic (exact) mass is 461 g/mol. The number of carbonyl (C=O) groups excluding carboxylic acids is 2. The molecule has 0 aromatic heterocycles. The molecular weight excluding hydrogens is 439 g/mol. The quantitative estimate of drug-likeness (QED) is 0.357. The van der Waals surface area contributed by atoms with E-state index < -0.39 is 56.8 Å². The van der Waals surface area contributed by atoms with Gasteiger partial charge in [-0.05, 0) is 13.8 Å². The van der Waals surface area contributed by atoms with E-state index in [4.69, 9.17) is 9.05 Å². The van der Waals surface area contributed by atoms with Crippen LogP contribution in [0.3, 0.4) is 0 Å². The van der Waals surface area contributed by atoms with Crippen molar-refractivity contribution >= 4 is 31.8 Å².